The standard InChI is InChI=1S/C9H14S.Na.H/c1-2-3-4-6-9-7-5-8-10-9;;/h5,7-8H,2-4,6H2,1H3;;. The Balaban J connectivity index is 0.000001000. The van der Waals surface area contributed by atoms with Crippen LogP contribution in [0.15, 0.2) is 17.5 Å². The predicted octanol–water partition coefficient (Wildman–Crippen LogP) is 2.83. The molecule has 0 unspecified atom stereocenters. The average molecular weight is 178 g/mol. The van der Waals surface area contributed by atoms with E-state index in [1.807, 2.05) is 11.3 Å². The molecule has 0 saturated carbocycles. The molecule has 0 nitrogen and oxygen atoms in total. The Labute approximate surface area is 95.3 Å². The van der Waals surface area contributed by atoms with Gasteiger partial charge >= 0.3 is 29.6 Å². The van der Waals surface area contributed by atoms with E-state index in [2.05, 4.69) is 24.4 Å². The van der Waals surface area contributed by atoms with Crippen LogP contribution in [0.5, 0.6) is 0 Å². The van der Waals surface area contributed by atoms with Crippen molar-refractivity contribution in [1.29, 1.82) is 0 Å². The Kier molecular flexibility index (Phi) is 7.82. The van der Waals surface area contributed by atoms with Gasteiger partial charge in [-0.05, 0) is 24.3 Å². The third-order valence-electron chi connectivity index (χ3n) is 1.61. The van der Waals surface area contributed by atoms with Crippen molar-refractivity contribution in [2.24, 2.45) is 0 Å². The molecule has 0 saturated heterocycles. The van der Waals surface area contributed by atoms with Crippen LogP contribution in [0.2, 0.25) is 0 Å². The average Bonchev–Trinajstić information content (AvgIpc) is 2.41. The van der Waals surface area contributed by atoms with Crippen LogP contribution in [0.3, 0.4) is 0 Å². The molecule has 1 aromatic rings. The second-order valence-electron chi connectivity index (χ2n) is 2.54. The van der Waals surface area contributed by atoms with Gasteiger partial charge in [-0.3, -0.25) is 0 Å². The Morgan fingerprint density at radius 3 is 2.73 bits per heavy atom. The van der Waals surface area contributed by atoms with Crippen molar-refractivity contribution in [3.63, 3.8) is 0 Å². The maximum atomic E-state index is 2.24. The Hall–Kier alpha value is 0.700. The van der Waals surface area contributed by atoms with Gasteiger partial charge in [-0.2, -0.15) is 0 Å². The second kappa shape index (κ2) is 7.35. The molecule has 0 aromatic carbocycles. The van der Waals surface area contributed by atoms with E-state index in [1.165, 1.54) is 30.6 Å². The van der Waals surface area contributed by atoms with Crippen molar-refractivity contribution in [3.8, 4) is 0 Å². The maximum absolute atomic E-state index is 2.24. The summed E-state index contributed by atoms with van der Waals surface area (Å²) in [5.74, 6) is 0. The van der Waals surface area contributed by atoms with Crippen molar-refractivity contribution in [3.05, 3.63) is 22.4 Å². The predicted molar refractivity (Wildman–Crippen MR) is 54.7 cm³/mol. The topological polar surface area (TPSA) is 0 Å². The van der Waals surface area contributed by atoms with E-state index in [1.54, 1.807) is 0 Å². The fraction of sp³-hybridized carbons (Fsp3) is 0.556. The van der Waals surface area contributed by atoms with E-state index < -0.39 is 0 Å². The summed E-state index contributed by atoms with van der Waals surface area (Å²) in [5, 5.41) is 2.15. The zero-order chi connectivity index (χ0) is 7.23. The van der Waals surface area contributed by atoms with Gasteiger partial charge in [0.2, 0.25) is 0 Å². The van der Waals surface area contributed by atoms with E-state index in [4.69, 9.17) is 0 Å². The van der Waals surface area contributed by atoms with Crippen molar-refractivity contribution >= 4 is 40.9 Å². The summed E-state index contributed by atoms with van der Waals surface area (Å²) in [4.78, 5) is 1.54. The zero-order valence-electron chi connectivity index (χ0n) is 6.47. The Bertz CT molecular complexity index is 158. The minimum atomic E-state index is 0. The second-order valence-corrected chi connectivity index (χ2v) is 3.57. The number of hydrogen-bond acceptors (Lipinski definition) is 1. The number of rotatable bonds is 4. The van der Waals surface area contributed by atoms with Crippen LogP contribution in [0.4, 0.5) is 0 Å². The van der Waals surface area contributed by atoms with E-state index in [9.17, 15) is 0 Å². The summed E-state index contributed by atoms with van der Waals surface area (Å²) in [6, 6.07) is 4.35. The molecule has 0 fully saturated rings. The van der Waals surface area contributed by atoms with Crippen LogP contribution < -0.4 is 0 Å². The van der Waals surface area contributed by atoms with Gasteiger partial charge in [0.05, 0.1) is 0 Å². The summed E-state index contributed by atoms with van der Waals surface area (Å²) in [6.07, 6.45) is 5.34. The summed E-state index contributed by atoms with van der Waals surface area (Å²) >= 11 is 1.87. The summed E-state index contributed by atoms with van der Waals surface area (Å²) < 4.78 is 0. The van der Waals surface area contributed by atoms with Crippen molar-refractivity contribution < 1.29 is 0 Å². The molecule has 0 aliphatic rings. The van der Waals surface area contributed by atoms with Crippen molar-refractivity contribution in [2.45, 2.75) is 32.6 Å². The molecule has 0 spiro atoms. The van der Waals surface area contributed by atoms with Crippen LogP contribution in [-0.2, 0) is 6.42 Å². The summed E-state index contributed by atoms with van der Waals surface area (Å²) in [5.41, 5.74) is 0. The van der Waals surface area contributed by atoms with Crippen LogP contribution in [0.1, 0.15) is 31.1 Å². The molecule has 1 aromatic heterocycles. The van der Waals surface area contributed by atoms with Crippen LogP contribution in [0.25, 0.3) is 0 Å². The third-order valence-corrected chi connectivity index (χ3v) is 2.54. The van der Waals surface area contributed by atoms with Crippen LogP contribution >= 0.6 is 11.3 Å². The molecular weight excluding hydrogens is 163 g/mol. The van der Waals surface area contributed by atoms with Crippen LogP contribution in [-0.4, -0.2) is 29.6 Å². The molecular formula is C9H15NaS. The molecule has 0 radical (unpaired) electrons. The third kappa shape index (κ3) is 5.02. The van der Waals surface area contributed by atoms with Crippen molar-refractivity contribution in [1.82, 2.24) is 0 Å². The van der Waals surface area contributed by atoms with Crippen molar-refractivity contribution in [2.75, 3.05) is 0 Å². The molecule has 0 aliphatic heterocycles. The molecule has 0 aliphatic carbocycles. The monoisotopic (exact) mass is 178 g/mol. The van der Waals surface area contributed by atoms with Gasteiger partial charge in [0.25, 0.3) is 0 Å². The SMILES string of the molecule is CCCCCc1cccs1.[NaH]. The molecule has 1 heterocycles. The Morgan fingerprint density at radius 1 is 1.36 bits per heavy atom. The molecule has 0 N–H and O–H groups in total. The minimum absolute atomic E-state index is 0. The fourth-order valence-electron chi connectivity index (χ4n) is 1.00. The van der Waals surface area contributed by atoms with E-state index in [0.29, 0.717) is 0 Å². The van der Waals surface area contributed by atoms with E-state index in [-0.39, 0.29) is 29.6 Å². The molecule has 58 valence electrons. The number of thiophene rings is 1. The first-order valence-electron chi connectivity index (χ1n) is 3.96. The Morgan fingerprint density at radius 2 is 2.18 bits per heavy atom. The molecule has 0 atom stereocenters. The fourth-order valence-corrected chi connectivity index (χ4v) is 1.76. The normalized spacial score (nSPS) is 9.18. The van der Waals surface area contributed by atoms with Gasteiger partial charge in [0.15, 0.2) is 0 Å². The molecule has 2 heteroatoms. The first-order valence-corrected chi connectivity index (χ1v) is 4.84. The first kappa shape index (κ1) is 11.7. The van der Waals surface area contributed by atoms with E-state index >= 15 is 0 Å². The first-order chi connectivity index (χ1) is 4.93. The summed E-state index contributed by atoms with van der Waals surface area (Å²) in [6.45, 7) is 2.24. The molecule has 11 heavy (non-hydrogen) atoms. The number of unbranched alkanes of at least 4 members (excludes halogenated alkanes) is 2. The molecule has 0 bridgehead atoms. The van der Waals surface area contributed by atoms with Gasteiger partial charge in [0.1, 0.15) is 0 Å². The number of hydrogen-bond donors (Lipinski definition) is 0. The molecule has 1 rings (SSSR count). The summed E-state index contributed by atoms with van der Waals surface area (Å²) in [7, 11) is 0. The quantitative estimate of drug-likeness (QED) is 0.491. The van der Waals surface area contributed by atoms with Gasteiger partial charge in [-0.1, -0.05) is 25.8 Å². The zero-order valence-corrected chi connectivity index (χ0v) is 7.29. The number of aryl methyl sites for hydroxylation is 1. The van der Waals surface area contributed by atoms with Gasteiger partial charge in [-0.25, -0.2) is 0 Å². The van der Waals surface area contributed by atoms with Crippen LogP contribution in [0, 0.1) is 0 Å². The van der Waals surface area contributed by atoms with Gasteiger partial charge < -0.3 is 0 Å². The van der Waals surface area contributed by atoms with E-state index in [0.717, 1.165) is 0 Å². The van der Waals surface area contributed by atoms with Gasteiger partial charge in [-0.15, -0.1) is 11.3 Å². The van der Waals surface area contributed by atoms with Gasteiger partial charge in [0, 0.05) is 4.88 Å². The molecule has 0 amide bonds.